The molecule has 3 rings (SSSR count). The number of rotatable bonds is 7. The molecule has 0 radical (unpaired) electrons. The third-order valence-corrected chi connectivity index (χ3v) is 6.56. The first-order chi connectivity index (χ1) is 12.8. The van der Waals surface area contributed by atoms with Crippen molar-refractivity contribution in [1.82, 2.24) is 4.98 Å². The molecule has 3 aromatic rings. The molecule has 8 heteroatoms. The van der Waals surface area contributed by atoms with Crippen LogP contribution in [0.1, 0.15) is 12.8 Å². The number of sulfone groups is 1. The van der Waals surface area contributed by atoms with Crippen LogP contribution in [0.2, 0.25) is 10.0 Å². The van der Waals surface area contributed by atoms with Crippen LogP contribution in [0.25, 0.3) is 10.9 Å². The molecule has 0 unspecified atom stereocenters. The number of halogens is 2. The minimum absolute atomic E-state index is 0.00722. The van der Waals surface area contributed by atoms with Crippen molar-refractivity contribution in [3.63, 3.8) is 0 Å². The second kappa shape index (κ2) is 8.33. The zero-order chi connectivity index (χ0) is 19.4. The smallest absolute Gasteiger partial charge is 0.248 e. The highest BCUT2D eigenvalue weighted by Gasteiger charge is 2.15. The van der Waals surface area contributed by atoms with Crippen molar-refractivity contribution in [2.45, 2.75) is 17.7 Å². The maximum absolute atomic E-state index is 12.3. The van der Waals surface area contributed by atoms with Crippen LogP contribution in [-0.2, 0) is 9.84 Å². The Morgan fingerprint density at radius 2 is 1.74 bits per heavy atom. The van der Waals surface area contributed by atoms with E-state index in [1.165, 1.54) is 24.3 Å². The molecule has 0 saturated carbocycles. The lowest BCUT2D eigenvalue weighted by atomic mass is 10.2. The molecule has 0 spiro atoms. The van der Waals surface area contributed by atoms with Gasteiger partial charge < -0.3 is 9.72 Å². The summed E-state index contributed by atoms with van der Waals surface area (Å²) in [6.07, 6.45) is 1.05. The summed E-state index contributed by atoms with van der Waals surface area (Å²) in [5.41, 5.74) is 0.585. The summed E-state index contributed by atoms with van der Waals surface area (Å²) in [6, 6.07) is 12.9. The van der Waals surface area contributed by atoms with Gasteiger partial charge in [-0.1, -0.05) is 23.2 Å². The normalized spacial score (nSPS) is 11.6. The van der Waals surface area contributed by atoms with E-state index in [2.05, 4.69) is 4.98 Å². The largest absolute Gasteiger partial charge is 0.494 e. The van der Waals surface area contributed by atoms with Gasteiger partial charge in [-0.25, -0.2) is 8.42 Å². The quantitative estimate of drug-likeness (QED) is 0.566. The Labute approximate surface area is 166 Å². The first-order valence-electron chi connectivity index (χ1n) is 8.29. The highest BCUT2D eigenvalue weighted by atomic mass is 35.5. The highest BCUT2D eigenvalue weighted by molar-refractivity contribution is 7.91. The highest BCUT2D eigenvalue weighted by Crippen LogP contribution is 2.25. The number of unbranched alkanes of at least 4 members (excludes halogenated alkanes) is 1. The van der Waals surface area contributed by atoms with Crippen molar-refractivity contribution < 1.29 is 13.2 Å². The molecule has 0 saturated heterocycles. The lowest BCUT2D eigenvalue weighted by Crippen LogP contribution is -2.08. The molecular formula is C19H17Cl2NO4S. The Morgan fingerprint density at radius 1 is 0.926 bits per heavy atom. The van der Waals surface area contributed by atoms with Crippen LogP contribution in [0.5, 0.6) is 5.75 Å². The molecule has 0 bridgehead atoms. The van der Waals surface area contributed by atoms with E-state index in [-0.39, 0.29) is 21.2 Å². The summed E-state index contributed by atoms with van der Waals surface area (Å²) >= 11 is 11.7. The van der Waals surface area contributed by atoms with E-state index >= 15 is 0 Å². The maximum atomic E-state index is 12.3. The number of H-pyrrole nitrogens is 1. The van der Waals surface area contributed by atoms with Gasteiger partial charge in [-0.2, -0.15) is 0 Å². The Bertz CT molecular complexity index is 1130. The Hall–Kier alpha value is -2.02. The molecule has 0 aliphatic carbocycles. The zero-order valence-corrected chi connectivity index (χ0v) is 16.6. The number of ether oxygens (including phenoxy) is 1. The summed E-state index contributed by atoms with van der Waals surface area (Å²) in [7, 11) is -3.41. The van der Waals surface area contributed by atoms with Gasteiger partial charge in [-0.3, -0.25) is 4.79 Å². The number of pyridine rings is 1. The lowest BCUT2D eigenvalue weighted by molar-refractivity contribution is 0.310. The number of benzene rings is 2. The van der Waals surface area contributed by atoms with Crippen LogP contribution in [0.3, 0.4) is 0 Å². The Kier molecular flexibility index (Phi) is 6.09. The van der Waals surface area contributed by atoms with Crippen molar-refractivity contribution in [1.29, 1.82) is 0 Å². The van der Waals surface area contributed by atoms with Crippen LogP contribution in [0.4, 0.5) is 0 Å². The van der Waals surface area contributed by atoms with Crippen molar-refractivity contribution in [3.05, 3.63) is 68.9 Å². The van der Waals surface area contributed by atoms with E-state index in [9.17, 15) is 13.2 Å². The van der Waals surface area contributed by atoms with Crippen LogP contribution in [0, 0.1) is 0 Å². The number of hydrogen-bond acceptors (Lipinski definition) is 4. The molecule has 0 aliphatic heterocycles. The zero-order valence-electron chi connectivity index (χ0n) is 14.2. The van der Waals surface area contributed by atoms with Gasteiger partial charge in [0.05, 0.1) is 27.3 Å². The predicted molar refractivity (Wildman–Crippen MR) is 108 cm³/mol. The van der Waals surface area contributed by atoms with Gasteiger partial charge in [-0.05, 0) is 55.3 Å². The van der Waals surface area contributed by atoms with Gasteiger partial charge in [0.25, 0.3) is 0 Å². The van der Waals surface area contributed by atoms with Gasteiger partial charge in [0.15, 0.2) is 9.84 Å². The van der Waals surface area contributed by atoms with Crippen LogP contribution in [-0.4, -0.2) is 25.8 Å². The number of hydrogen-bond donors (Lipinski definition) is 1. The molecular weight excluding hydrogens is 409 g/mol. The molecule has 1 heterocycles. The molecule has 2 aromatic carbocycles. The molecule has 5 nitrogen and oxygen atoms in total. The summed E-state index contributed by atoms with van der Waals surface area (Å²) < 4.78 is 30.3. The van der Waals surface area contributed by atoms with Crippen LogP contribution >= 0.6 is 23.2 Å². The number of aromatic nitrogens is 1. The van der Waals surface area contributed by atoms with Gasteiger partial charge in [0.1, 0.15) is 5.75 Å². The monoisotopic (exact) mass is 425 g/mol. The average Bonchev–Trinajstić information content (AvgIpc) is 2.63. The molecule has 0 atom stereocenters. The molecule has 0 amide bonds. The van der Waals surface area contributed by atoms with Gasteiger partial charge in [0, 0.05) is 17.0 Å². The van der Waals surface area contributed by atoms with Crippen LogP contribution < -0.4 is 10.3 Å². The first kappa shape index (κ1) is 19.7. The van der Waals surface area contributed by atoms with E-state index in [1.54, 1.807) is 18.2 Å². The molecule has 1 N–H and O–H groups in total. The standard InChI is InChI=1S/C19H17Cl2NO4S/c20-16-6-5-15(12-17(16)21)27(24,25)10-2-1-9-26-14-4-7-18-13(11-14)3-8-19(23)22-18/h3-8,11-12H,1-2,9-10H2,(H,22,23). The van der Waals surface area contributed by atoms with Crippen molar-refractivity contribution in [2.24, 2.45) is 0 Å². The van der Waals surface area contributed by atoms with E-state index in [0.29, 0.717) is 30.2 Å². The number of fused-ring (bicyclic) bond motifs is 1. The molecule has 0 fully saturated rings. The second-order valence-corrected chi connectivity index (χ2v) is 8.95. The summed E-state index contributed by atoms with van der Waals surface area (Å²) in [5.74, 6) is 0.676. The topological polar surface area (TPSA) is 76.2 Å². The van der Waals surface area contributed by atoms with Crippen LogP contribution in [0.15, 0.2) is 58.2 Å². The predicted octanol–water partition coefficient (Wildman–Crippen LogP) is 4.47. The minimum Gasteiger partial charge on any atom is -0.494 e. The molecule has 1 aromatic heterocycles. The van der Waals surface area contributed by atoms with Crippen molar-refractivity contribution in [2.75, 3.05) is 12.4 Å². The van der Waals surface area contributed by atoms with E-state index in [4.69, 9.17) is 27.9 Å². The summed E-state index contributed by atoms with van der Waals surface area (Å²) in [5, 5.41) is 1.41. The number of aromatic amines is 1. The Balaban J connectivity index is 1.52. The fourth-order valence-electron chi connectivity index (χ4n) is 2.59. The summed E-state index contributed by atoms with van der Waals surface area (Å²) in [4.78, 5) is 14.2. The Morgan fingerprint density at radius 3 is 2.52 bits per heavy atom. The number of nitrogens with one attached hydrogen (secondary N) is 1. The van der Waals surface area contributed by atoms with Gasteiger partial charge in [-0.15, -0.1) is 0 Å². The lowest BCUT2D eigenvalue weighted by Gasteiger charge is -2.08. The van der Waals surface area contributed by atoms with E-state index < -0.39 is 9.84 Å². The van der Waals surface area contributed by atoms with Gasteiger partial charge >= 0.3 is 0 Å². The van der Waals surface area contributed by atoms with E-state index in [1.807, 2.05) is 6.07 Å². The van der Waals surface area contributed by atoms with Gasteiger partial charge in [0.2, 0.25) is 5.56 Å². The first-order valence-corrected chi connectivity index (χ1v) is 10.7. The molecule has 0 aliphatic rings. The van der Waals surface area contributed by atoms with E-state index in [0.717, 1.165) is 10.9 Å². The second-order valence-electron chi connectivity index (χ2n) is 6.02. The van der Waals surface area contributed by atoms with Crippen molar-refractivity contribution in [3.8, 4) is 5.75 Å². The average molecular weight is 426 g/mol. The minimum atomic E-state index is -3.41. The third kappa shape index (κ3) is 5.03. The third-order valence-electron chi connectivity index (χ3n) is 4.02. The molecule has 142 valence electrons. The SMILES string of the molecule is O=c1ccc2cc(OCCCCS(=O)(=O)c3ccc(Cl)c(Cl)c3)ccc2[nH]1. The fraction of sp³-hybridized carbons (Fsp3) is 0.211. The molecule has 27 heavy (non-hydrogen) atoms. The summed E-state index contributed by atoms with van der Waals surface area (Å²) in [6.45, 7) is 0.395. The maximum Gasteiger partial charge on any atom is 0.248 e. The van der Waals surface area contributed by atoms with Crippen molar-refractivity contribution >= 4 is 43.9 Å². The fourth-order valence-corrected chi connectivity index (χ4v) is 4.35.